The van der Waals surface area contributed by atoms with Gasteiger partial charge in [-0.25, -0.2) is 4.98 Å². The van der Waals surface area contributed by atoms with E-state index in [0.717, 1.165) is 36.2 Å². The summed E-state index contributed by atoms with van der Waals surface area (Å²) in [4.78, 5) is 18.9. The van der Waals surface area contributed by atoms with Crippen LogP contribution in [-0.2, 0) is 7.05 Å². The summed E-state index contributed by atoms with van der Waals surface area (Å²) in [5.74, 6) is 0.882. The summed E-state index contributed by atoms with van der Waals surface area (Å²) >= 11 is 3.40. The van der Waals surface area contributed by atoms with E-state index < -0.39 is 0 Å². The molecule has 1 saturated heterocycles. The largest absolute Gasteiger partial charge is 0.355 e. The summed E-state index contributed by atoms with van der Waals surface area (Å²) in [6.07, 6.45) is 7.14. The average molecular weight is 364 g/mol. The number of nitrogens with zero attached hydrogens (tertiary/aromatic N) is 4. The second-order valence-corrected chi connectivity index (χ2v) is 6.41. The van der Waals surface area contributed by atoms with Gasteiger partial charge in [0.05, 0.1) is 11.8 Å². The molecule has 6 nitrogen and oxygen atoms in total. The minimum atomic E-state index is -0.0660. The van der Waals surface area contributed by atoms with E-state index >= 15 is 0 Å². The van der Waals surface area contributed by atoms with Crippen LogP contribution in [0.15, 0.2) is 35.2 Å². The fourth-order valence-corrected chi connectivity index (χ4v) is 2.90. The normalized spacial score (nSPS) is 18.3. The standard InChI is InChI=1S/C15H18BrN5O/c1-20-9-11(7-18-20)15(22)19-13-3-2-6-21(10-13)14-5-4-12(16)8-17-14/h4-5,7-9,13H,2-3,6,10H2,1H3,(H,19,22). The molecule has 116 valence electrons. The third-order valence-electron chi connectivity index (χ3n) is 3.76. The quantitative estimate of drug-likeness (QED) is 0.905. The second kappa shape index (κ2) is 6.48. The van der Waals surface area contributed by atoms with Gasteiger partial charge < -0.3 is 10.2 Å². The van der Waals surface area contributed by atoms with Crippen LogP contribution in [0.2, 0.25) is 0 Å². The smallest absolute Gasteiger partial charge is 0.254 e. The first-order chi connectivity index (χ1) is 10.6. The van der Waals surface area contributed by atoms with Crippen LogP contribution in [0.25, 0.3) is 0 Å². The van der Waals surface area contributed by atoms with Crippen LogP contribution in [0.5, 0.6) is 0 Å². The highest BCUT2D eigenvalue weighted by atomic mass is 79.9. The fraction of sp³-hybridized carbons (Fsp3) is 0.400. The first-order valence-electron chi connectivity index (χ1n) is 7.28. The van der Waals surface area contributed by atoms with Crippen molar-refractivity contribution in [1.82, 2.24) is 20.1 Å². The molecule has 0 aromatic carbocycles. The molecule has 1 N–H and O–H groups in total. The molecule has 7 heteroatoms. The van der Waals surface area contributed by atoms with Crippen molar-refractivity contribution in [2.75, 3.05) is 18.0 Å². The zero-order chi connectivity index (χ0) is 15.5. The van der Waals surface area contributed by atoms with E-state index in [1.807, 2.05) is 12.1 Å². The summed E-state index contributed by atoms with van der Waals surface area (Å²) < 4.78 is 2.60. The fourth-order valence-electron chi connectivity index (χ4n) is 2.67. The first-order valence-corrected chi connectivity index (χ1v) is 8.07. The number of amides is 1. The van der Waals surface area contributed by atoms with E-state index in [1.165, 1.54) is 0 Å². The number of carbonyl (C=O) groups is 1. The molecule has 1 fully saturated rings. The van der Waals surface area contributed by atoms with Gasteiger partial charge >= 0.3 is 0 Å². The maximum atomic E-state index is 12.2. The highest BCUT2D eigenvalue weighted by Crippen LogP contribution is 2.19. The number of pyridine rings is 1. The van der Waals surface area contributed by atoms with Crippen LogP contribution in [-0.4, -0.2) is 39.8 Å². The molecule has 0 radical (unpaired) electrons. The van der Waals surface area contributed by atoms with E-state index in [4.69, 9.17) is 0 Å². The Morgan fingerprint density at radius 3 is 2.95 bits per heavy atom. The van der Waals surface area contributed by atoms with Crippen LogP contribution in [0.4, 0.5) is 5.82 Å². The molecule has 1 aliphatic rings. The van der Waals surface area contributed by atoms with E-state index in [2.05, 4.69) is 36.2 Å². The number of aryl methyl sites for hydroxylation is 1. The minimum absolute atomic E-state index is 0.0660. The van der Waals surface area contributed by atoms with Crippen molar-refractivity contribution in [3.8, 4) is 0 Å². The molecule has 1 atom stereocenters. The lowest BCUT2D eigenvalue weighted by Crippen LogP contribution is -2.48. The molecule has 3 rings (SSSR count). The lowest BCUT2D eigenvalue weighted by molar-refractivity contribution is 0.0933. The number of piperidine rings is 1. The maximum Gasteiger partial charge on any atom is 0.254 e. The maximum absolute atomic E-state index is 12.2. The Labute approximate surface area is 137 Å². The van der Waals surface area contributed by atoms with Crippen LogP contribution in [0, 0.1) is 0 Å². The van der Waals surface area contributed by atoms with Crippen LogP contribution in [0.3, 0.4) is 0 Å². The summed E-state index contributed by atoms with van der Waals surface area (Å²) in [7, 11) is 1.80. The Bertz CT molecular complexity index is 654. The number of aromatic nitrogens is 3. The Kier molecular flexibility index (Phi) is 4.42. The summed E-state index contributed by atoms with van der Waals surface area (Å²) in [5, 5.41) is 7.12. The summed E-state index contributed by atoms with van der Waals surface area (Å²) in [6, 6.07) is 4.11. The van der Waals surface area contributed by atoms with Gasteiger partial charge in [-0.15, -0.1) is 0 Å². The Morgan fingerprint density at radius 1 is 1.41 bits per heavy atom. The van der Waals surface area contributed by atoms with E-state index in [0.29, 0.717) is 5.56 Å². The van der Waals surface area contributed by atoms with Crippen molar-refractivity contribution in [2.24, 2.45) is 7.05 Å². The monoisotopic (exact) mass is 363 g/mol. The number of hydrogen-bond acceptors (Lipinski definition) is 4. The molecule has 1 aliphatic heterocycles. The van der Waals surface area contributed by atoms with Gasteiger partial charge in [0.2, 0.25) is 0 Å². The van der Waals surface area contributed by atoms with Gasteiger partial charge in [0.25, 0.3) is 5.91 Å². The number of nitrogens with one attached hydrogen (secondary N) is 1. The zero-order valence-corrected chi connectivity index (χ0v) is 14.0. The van der Waals surface area contributed by atoms with Crippen LogP contribution >= 0.6 is 15.9 Å². The Balaban J connectivity index is 1.63. The molecular formula is C15H18BrN5O. The lowest BCUT2D eigenvalue weighted by Gasteiger charge is -2.33. The van der Waals surface area contributed by atoms with Crippen LogP contribution < -0.4 is 10.2 Å². The zero-order valence-electron chi connectivity index (χ0n) is 12.4. The van der Waals surface area contributed by atoms with Crippen molar-refractivity contribution >= 4 is 27.7 Å². The van der Waals surface area contributed by atoms with Crippen molar-refractivity contribution in [3.63, 3.8) is 0 Å². The molecule has 0 saturated carbocycles. The molecular weight excluding hydrogens is 346 g/mol. The molecule has 22 heavy (non-hydrogen) atoms. The van der Waals surface area contributed by atoms with Gasteiger partial charge in [-0.3, -0.25) is 9.48 Å². The van der Waals surface area contributed by atoms with E-state index in [9.17, 15) is 4.79 Å². The third-order valence-corrected chi connectivity index (χ3v) is 4.23. The Hall–Kier alpha value is -1.89. The molecule has 0 spiro atoms. The average Bonchev–Trinajstić information content (AvgIpc) is 2.95. The first kappa shape index (κ1) is 15.0. The van der Waals surface area contributed by atoms with Crippen molar-refractivity contribution < 1.29 is 4.79 Å². The number of halogens is 1. The molecule has 0 aliphatic carbocycles. The van der Waals surface area contributed by atoms with Gasteiger partial charge in [0.15, 0.2) is 0 Å². The number of hydrogen-bond donors (Lipinski definition) is 1. The molecule has 1 amide bonds. The van der Waals surface area contributed by atoms with Gasteiger partial charge in [-0.1, -0.05) is 0 Å². The molecule has 3 heterocycles. The van der Waals surface area contributed by atoms with Gasteiger partial charge in [-0.05, 0) is 40.9 Å². The molecule has 2 aromatic rings. The highest BCUT2D eigenvalue weighted by molar-refractivity contribution is 9.10. The van der Waals surface area contributed by atoms with Gasteiger partial charge in [-0.2, -0.15) is 5.10 Å². The Morgan fingerprint density at radius 2 is 2.27 bits per heavy atom. The third kappa shape index (κ3) is 3.47. The molecule has 2 aromatic heterocycles. The van der Waals surface area contributed by atoms with Crippen molar-refractivity contribution in [3.05, 3.63) is 40.8 Å². The number of rotatable bonds is 3. The van der Waals surface area contributed by atoms with E-state index in [-0.39, 0.29) is 11.9 Å². The number of anilines is 1. The molecule has 1 unspecified atom stereocenters. The summed E-state index contributed by atoms with van der Waals surface area (Å²) in [5.41, 5.74) is 0.599. The van der Waals surface area contributed by atoms with Crippen molar-refractivity contribution in [1.29, 1.82) is 0 Å². The van der Waals surface area contributed by atoms with Crippen molar-refractivity contribution in [2.45, 2.75) is 18.9 Å². The number of carbonyl (C=O) groups excluding carboxylic acids is 1. The van der Waals surface area contributed by atoms with Crippen LogP contribution in [0.1, 0.15) is 23.2 Å². The van der Waals surface area contributed by atoms with Gasteiger partial charge in [0.1, 0.15) is 5.82 Å². The lowest BCUT2D eigenvalue weighted by atomic mass is 10.1. The topological polar surface area (TPSA) is 63.1 Å². The predicted octanol–water partition coefficient (Wildman–Crippen LogP) is 1.98. The SMILES string of the molecule is Cn1cc(C(=O)NC2CCCN(c3ccc(Br)cn3)C2)cn1. The highest BCUT2D eigenvalue weighted by Gasteiger charge is 2.23. The second-order valence-electron chi connectivity index (χ2n) is 5.50. The van der Waals surface area contributed by atoms with Gasteiger partial charge in [0, 0.05) is 43.0 Å². The summed E-state index contributed by atoms with van der Waals surface area (Å²) in [6.45, 7) is 1.74. The van der Waals surface area contributed by atoms with E-state index in [1.54, 1.807) is 30.3 Å². The minimum Gasteiger partial charge on any atom is -0.355 e. The predicted molar refractivity (Wildman–Crippen MR) is 87.8 cm³/mol. The molecule has 0 bridgehead atoms.